The lowest BCUT2D eigenvalue weighted by Gasteiger charge is -2.22. The smallest absolute Gasteiger partial charge is 0.135 e. The van der Waals surface area contributed by atoms with E-state index in [-0.39, 0.29) is 0 Å². The second-order valence-corrected chi connectivity index (χ2v) is 13.8. The van der Waals surface area contributed by atoms with Crippen LogP contribution in [0.5, 0.6) is 11.5 Å². The van der Waals surface area contributed by atoms with E-state index in [1.165, 1.54) is 54.2 Å². The minimum atomic E-state index is 0.650. The Morgan fingerprint density at radius 3 is 1.83 bits per heavy atom. The Morgan fingerprint density at radius 2 is 1.06 bits per heavy atom. The van der Waals surface area contributed by atoms with Gasteiger partial charge in [-0.05, 0) is 108 Å². The average Bonchev–Trinajstić information content (AvgIpc) is 3.23. The lowest BCUT2D eigenvalue weighted by molar-refractivity contribution is 0.487. The monoisotopic (exact) mass is 672 g/mol. The first-order chi connectivity index (χ1) is 26.2. The Labute approximate surface area is 305 Å². The molecule has 3 heteroatoms. The lowest BCUT2D eigenvalue weighted by atomic mass is 9.87. The van der Waals surface area contributed by atoms with Crippen molar-refractivity contribution in [3.63, 3.8) is 0 Å². The SMILES string of the molecule is N#Cc1ccc2c3c(cccc13)Oc1cc(-c3ccc(-c4cc5c6ccccc6c(-c6cccc7ccccc67)cc5c5ccccc45)cn3)ccc1-2. The van der Waals surface area contributed by atoms with Crippen LogP contribution in [0.1, 0.15) is 5.56 Å². The Balaban J connectivity index is 1.04. The number of ether oxygens (including phenoxy) is 1. The van der Waals surface area contributed by atoms with E-state index in [1.54, 1.807) is 0 Å². The van der Waals surface area contributed by atoms with Crippen LogP contribution < -0.4 is 4.74 Å². The summed E-state index contributed by atoms with van der Waals surface area (Å²) in [5, 5.41) is 21.4. The summed E-state index contributed by atoms with van der Waals surface area (Å²) in [5.74, 6) is 1.55. The molecular formula is C50H28N2O. The van der Waals surface area contributed by atoms with Crippen molar-refractivity contribution in [1.82, 2.24) is 4.98 Å². The molecule has 0 bridgehead atoms. The summed E-state index contributed by atoms with van der Waals surface area (Å²) in [7, 11) is 0. The zero-order valence-electron chi connectivity index (χ0n) is 28.5. The molecule has 0 fully saturated rings. The minimum absolute atomic E-state index is 0.650. The molecule has 0 atom stereocenters. The van der Waals surface area contributed by atoms with Crippen molar-refractivity contribution < 1.29 is 4.74 Å². The molecule has 0 unspecified atom stereocenters. The molecule has 9 aromatic carbocycles. The topological polar surface area (TPSA) is 45.9 Å². The van der Waals surface area contributed by atoms with E-state index in [2.05, 4.69) is 140 Å². The van der Waals surface area contributed by atoms with Gasteiger partial charge in [0.15, 0.2) is 0 Å². The van der Waals surface area contributed by atoms with Gasteiger partial charge in [0.05, 0.1) is 17.3 Å². The van der Waals surface area contributed by atoms with E-state index in [0.29, 0.717) is 5.56 Å². The first-order valence-corrected chi connectivity index (χ1v) is 17.8. The van der Waals surface area contributed by atoms with E-state index in [9.17, 15) is 5.26 Å². The Morgan fingerprint density at radius 1 is 0.415 bits per heavy atom. The number of hydrogen-bond donors (Lipinski definition) is 0. The Bertz CT molecular complexity index is 3200. The molecule has 0 radical (unpaired) electrons. The van der Waals surface area contributed by atoms with E-state index in [1.807, 2.05) is 36.5 Å². The highest BCUT2D eigenvalue weighted by molar-refractivity contribution is 6.24. The first kappa shape index (κ1) is 29.5. The molecule has 1 aliphatic heterocycles. The van der Waals surface area contributed by atoms with Crippen LogP contribution in [0.25, 0.3) is 98.5 Å². The van der Waals surface area contributed by atoms with Crippen LogP contribution in [0.2, 0.25) is 0 Å². The highest BCUT2D eigenvalue weighted by atomic mass is 16.5. The Kier molecular flexibility index (Phi) is 6.32. The van der Waals surface area contributed by atoms with Gasteiger partial charge < -0.3 is 4.74 Å². The van der Waals surface area contributed by atoms with Gasteiger partial charge >= 0.3 is 0 Å². The third-order valence-electron chi connectivity index (χ3n) is 10.9. The minimum Gasteiger partial charge on any atom is -0.456 e. The van der Waals surface area contributed by atoms with Crippen LogP contribution in [0, 0.1) is 11.3 Å². The molecule has 0 N–H and O–H groups in total. The van der Waals surface area contributed by atoms with Gasteiger partial charge in [0.25, 0.3) is 0 Å². The van der Waals surface area contributed by atoms with Gasteiger partial charge in [0.1, 0.15) is 11.5 Å². The quantitative estimate of drug-likeness (QED) is 0.176. The van der Waals surface area contributed by atoms with Crippen LogP contribution in [-0.4, -0.2) is 4.98 Å². The van der Waals surface area contributed by atoms with Crippen molar-refractivity contribution in [2.24, 2.45) is 0 Å². The molecule has 10 aromatic rings. The zero-order valence-corrected chi connectivity index (χ0v) is 28.5. The largest absolute Gasteiger partial charge is 0.456 e. The Hall–Kier alpha value is -7.28. The number of benzene rings is 9. The van der Waals surface area contributed by atoms with Gasteiger partial charge in [0.2, 0.25) is 0 Å². The summed E-state index contributed by atoms with van der Waals surface area (Å²) in [6, 6.07) is 60.2. The van der Waals surface area contributed by atoms with Gasteiger partial charge in [-0.2, -0.15) is 5.26 Å². The number of fused-ring (bicyclic) bond motifs is 8. The molecule has 244 valence electrons. The number of nitriles is 1. The van der Waals surface area contributed by atoms with E-state index in [0.717, 1.165) is 55.8 Å². The molecule has 0 saturated carbocycles. The van der Waals surface area contributed by atoms with Crippen LogP contribution in [0.15, 0.2) is 170 Å². The summed E-state index contributed by atoms with van der Waals surface area (Å²) in [6.07, 6.45) is 2.00. The standard InChI is InChI=1S/C50H28N2O/c51-28-32-20-23-42-41-22-19-31(25-49(41)53-48-18-8-16-35(32)50(42)48)47-24-21-33(29-52-47)43-26-45-40-15-6-5-14-39(40)44(27-46(45)38-13-4-3-12-37(38)43)36-17-7-10-30-9-1-2-11-34(30)36/h1-27,29H. The summed E-state index contributed by atoms with van der Waals surface area (Å²) in [4.78, 5) is 5.02. The number of nitrogens with zero attached hydrogens (tertiary/aromatic N) is 2. The van der Waals surface area contributed by atoms with E-state index >= 15 is 0 Å². The summed E-state index contributed by atoms with van der Waals surface area (Å²) in [5.41, 5.74) is 9.31. The van der Waals surface area contributed by atoms with Crippen molar-refractivity contribution in [3.05, 3.63) is 176 Å². The van der Waals surface area contributed by atoms with E-state index in [4.69, 9.17) is 9.72 Å². The molecular weight excluding hydrogens is 645 g/mol. The fourth-order valence-corrected chi connectivity index (χ4v) is 8.48. The van der Waals surface area contributed by atoms with Crippen molar-refractivity contribution >= 4 is 53.9 Å². The van der Waals surface area contributed by atoms with Crippen molar-refractivity contribution in [2.45, 2.75) is 0 Å². The van der Waals surface area contributed by atoms with Gasteiger partial charge in [-0.15, -0.1) is 0 Å². The van der Waals surface area contributed by atoms with Crippen molar-refractivity contribution in [2.75, 3.05) is 0 Å². The highest BCUT2D eigenvalue weighted by Crippen LogP contribution is 2.48. The molecule has 2 heterocycles. The molecule has 0 spiro atoms. The number of hydrogen-bond acceptors (Lipinski definition) is 3. The second kappa shape index (κ2) is 11.4. The predicted octanol–water partition coefficient (Wildman–Crippen LogP) is 13.5. The first-order valence-electron chi connectivity index (χ1n) is 17.8. The van der Waals surface area contributed by atoms with Gasteiger partial charge in [-0.3, -0.25) is 4.98 Å². The molecule has 1 aromatic heterocycles. The van der Waals surface area contributed by atoms with Crippen LogP contribution in [-0.2, 0) is 0 Å². The molecule has 1 aliphatic rings. The summed E-state index contributed by atoms with van der Waals surface area (Å²) < 4.78 is 6.45. The summed E-state index contributed by atoms with van der Waals surface area (Å²) in [6.45, 7) is 0. The molecule has 0 amide bonds. The maximum Gasteiger partial charge on any atom is 0.135 e. The van der Waals surface area contributed by atoms with Crippen LogP contribution in [0.4, 0.5) is 0 Å². The molecule has 3 nitrogen and oxygen atoms in total. The number of aromatic nitrogens is 1. The average molecular weight is 673 g/mol. The molecule has 11 rings (SSSR count). The van der Waals surface area contributed by atoms with Gasteiger partial charge in [-0.1, -0.05) is 121 Å². The highest BCUT2D eigenvalue weighted by Gasteiger charge is 2.22. The summed E-state index contributed by atoms with van der Waals surface area (Å²) >= 11 is 0. The van der Waals surface area contributed by atoms with E-state index < -0.39 is 0 Å². The fourth-order valence-electron chi connectivity index (χ4n) is 8.48. The third-order valence-corrected chi connectivity index (χ3v) is 10.9. The molecule has 0 aliphatic carbocycles. The maximum absolute atomic E-state index is 9.68. The maximum atomic E-state index is 9.68. The van der Waals surface area contributed by atoms with Crippen molar-refractivity contribution in [1.29, 1.82) is 5.26 Å². The normalized spacial score (nSPS) is 11.9. The van der Waals surface area contributed by atoms with Crippen molar-refractivity contribution in [3.8, 4) is 62.2 Å². The number of rotatable bonds is 3. The third kappa shape index (κ3) is 4.43. The predicted molar refractivity (Wildman–Crippen MR) is 218 cm³/mol. The molecule has 0 saturated heterocycles. The second-order valence-electron chi connectivity index (χ2n) is 13.8. The molecule has 53 heavy (non-hydrogen) atoms. The van der Waals surface area contributed by atoms with Crippen LogP contribution >= 0.6 is 0 Å². The lowest BCUT2D eigenvalue weighted by Crippen LogP contribution is -1.98. The van der Waals surface area contributed by atoms with Crippen LogP contribution in [0.3, 0.4) is 0 Å². The number of pyridine rings is 1. The van der Waals surface area contributed by atoms with Gasteiger partial charge in [0, 0.05) is 33.7 Å². The van der Waals surface area contributed by atoms with Gasteiger partial charge in [-0.25, -0.2) is 0 Å². The fraction of sp³-hybridized carbons (Fsp3) is 0. The zero-order chi connectivity index (χ0) is 35.0.